The summed E-state index contributed by atoms with van der Waals surface area (Å²) in [6.07, 6.45) is 4.43. The fraction of sp³-hybridized carbons (Fsp3) is 0.500. The normalized spacial score (nSPS) is 23.1. The van der Waals surface area contributed by atoms with Gasteiger partial charge in [0.25, 0.3) is 5.91 Å². The molecule has 1 unspecified atom stereocenters. The van der Waals surface area contributed by atoms with Crippen molar-refractivity contribution in [1.29, 1.82) is 0 Å². The third kappa shape index (κ3) is 2.67. The van der Waals surface area contributed by atoms with Gasteiger partial charge in [-0.25, -0.2) is 0 Å². The predicted molar refractivity (Wildman–Crippen MR) is 81.5 cm³/mol. The van der Waals surface area contributed by atoms with Gasteiger partial charge in [0.05, 0.1) is 5.92 Å². The van der Waals surface area contributed by atoms with Crippen molar-refractivity contribution >= 4 is 23.6 Å². The lowest BCUT2D eigenvalue weighted by molar-refractivity contribution is -0.139. The highest BCUT2D eigenvalue weighted by Crippen LogP contribution is 2.59. The first-order valence-corrected chi connectivity index (χ1v) is 8.44. The van der Waals surface area contributed by atoms with Crippen LogP contribution < -0.4 is 0 Å². The highest BCUT2D eigenvalue weighted by Gasteiger charge is 2.59. The molecule has 3 rings (SSSR count). The summed E-state index contributed by atoms with van der Waals surface area (Å²) in [6.45, 7) is 1.35. The molecule has 1 atom stereocenters. The summed E-state index contributed by atoms with van der Waals surface area (Å²) in [6, 6.07) is 7.67. The van der Waals surface area contributed by atoms with Crippen molar-refractivity contribution in [1.82, 2.24) is 4.90 Å². The topological polar surface area (TPSA) is 57.6 Å². The minimum atomic E-state index is -0.678. The zero-order chi connectivity index (χ0) is 15.0. The molecule has 1 saturated heterocycles. The van der Waals surface area contributed by atoms with Crippen LogP contribution in [-0.2, 0) is 4.79 Å². The molecule has 1 amide bonds. The fourth-order valence-electron chi connectivity index (χ4n) is 3.32. The first-order valence-electron chi connectivity index (χ1n) is 7.22. The van der Waals surface area contributed by atoms with E-state index in [4.69, 9.17) is 5.11 Å². The minimum Gasteiger partial charge on any atom is -0.481 e. The van der Waals surface area contributed by atoms with Crippen molar-refractivity contribution in [3.8, 4) is 0 Å². The number of hydrogen-bond donors (Lipinski definition) is 1. The van der Waals surface area contributed by atoms with Crippen LogP contribution in [0.5, 0.6) is 0 Å². The van der Waals surface area contributed by atoms with Crippen molar-refractivity contribution < 1.29 is 14.7 Å². The summed E-state index contributed by atoms with van der Waals surface area (Å²) in [5.74, 6) is -0.803. The number of aliphatic carboxylic acids is 1. The van der Waals surface area contributed by atoms with Crippen LogP contribution in [0.2, 0.25) is 0 Å². The Morgan fingerprint density at radius 3 is 2.33 bits per heavy atom. The lowest BCUT2D eigenvalue weighted by atomic mass is 9.90. The van der Waals surface area contributed by atoms with Crippen molar-refractivity contribution in [2.75, 3.05) is 19.3 Å². The summed E-state index contributed by atoms with van der Waals surface area (Å²) in [5.41, 5.74) is 0.694. The Kier molecular flexibility index (Phi) is 3.69. The van der Waals surface area contributed by atoms with E-state index in [1.807, 2.05) is 35.4 Å². The molecule has 4 nitrogen and oxygen atoms in total. The maximum Gasteiger partial charge on any atom is 0.307 e. The molecule has 1 aromatic carbocycles. The van der Waals surface area contributed by atoms with Gasteiger partial charge in [0.15, 0.2) is 0 Å². The molecule has 1 N–H and O–H groups in total. The van der Waals surface area contributed by atoms with Crippen LogP contribution in [-0.4, -0.2) is 41.2 Å². The van der Waals surface area contributed by atoms with Crippen LogP contribution in [0.4, 0.5) is 0 Å². The van der Waals surface area contributed by atoms with Crippen LogP contribution >= 0.6 is 11.8 Å². The fourth-order valence-corrected chi connectivity index (χ4v) is 3.73. The molecule has 2 fully saturated rings. The van der Waals surface area contributed by atoms with Gasteiger partial charge in [0.2, 0.25) is 0 Å². The van der Waals surface area contributed by atoms with Crippen molar-refractivity contribution in [3.63, 3.8) is 0 Å². The highest BCUT2D eigenvalue weighted by molar-refractivity contribution is 7.98. The third-order valence-corrected chi connectivity index (χ3v) is 5.61. The summed E-state index contributed by atoms with van der Waals surface area (Å²) in [7, 11) is 0. The zero-order valence-corrected chi connectivity index (χ0v) is 12.9. The largest absolute Gasteiger partial charge is 0.481 e. The second-order valence-electron chi connectivity index (χ2n) is 5.98. The van der Waals surface area contributed by atoms with E-state index >= 15 is 0 Å². The van der Waals surface area contributed by atoms with Crippen LogP contribution in [0.3, 0.4) is 0 Å². The Morgan fingerprint density at radius 1 is 1.24 bits per heavy atom. The average molecular weight is 305 g/mol. The van der Waals surface area contributed by atoms with E-state index in [0.29, 0.717) is 18.7 Å². The molecule has 1 saturated carbocycles. The molecule has 1 aliphatic heterocycles. The van der Waals surface area contributed by atoms with E-state index in [1.54, 1.807) is 11.8 Å². The number of rotatable bonds is 3. The summed E-state index contributed by atoms with van der Waals surface area (Å²) in [5, 5.41) is 9.09. The summed E-state index contributed by atoms with van der Waals surface area (Å²) in [4.78, 5) is 26.5. The molecule has 21 heavy (non-hydrogen) atoms. The molecule has 1 spiro atoms. The van der Waals surface area contributed by atoms with Crippen LogP contribution in [0.25, 0.3) is 0 Å². The molecular formula is C16H19NO3S. The molecule has 0 bridgehead atoms. The SMILES string of the molecule is CSc1ccc(C(=O)N2CCC3(CC2)CC3C(=O)O)cc1. The molecular weight excluding hydrogens is 286 g/mol. The van der Waals surface area contributed by atoms with Gasteiger partial charge in [0, 0.05) is 23.5 Å². The molecule has 0 radical (unpaired) electrons. The quantitative estimate of drug-likeness (QED) is 0.872. The van der Waals surface area contributed by atoms with Gasteiger partial charge >= 0.3 is 5.97 Å². The number of amides is 1. The second kappa shape index (κ2) is 5.37. The number of thioether (sulfide) groups is 1. The standard InChI is InChI=1S/C16H19NO3S/c1-21-12-4-2-11(3-5-12)14(18)17-8-6-16(7-9-17)10-13(16)15(19)20/h2-5,13H,6-10H2,1H3,(H,19,20). The third-order valence-electron chi connectivity index (χ3n) is 4.87. The van der Waals surface area contributed by atoms with Gasteiger partial charge in [-0.05, 0) is 55.2 Å². The summed E-state index contributed by atoms with van der Waals surface area (Å²) < 4.78 is 0. The van der Waals surface area contributed by atoms with Gasteiger partial charge in [0.1, 0.15) is 0 Å². The van der Waals surface area contributed by atoms with Gasteiger partial charge < -0.3 is 10.0 Å². The Bertz CT molecular complexity index is 561. The van der Waals surface area contributed by atoms with E-state index < -0.39 is 5.97 Å². The van der Waals surface area contributed by atoms with Crippen LogP contribution in [0, 0.1) is 11.3 Å². The smallest absolute Gasteiger partial charge is 0.307 e. The summed E-state index contributed by atoms with van der Waals surface area (Å²) >= 11 is 1.66. The van der Waals surface area contributed by atoms with Gasteiger partial charge in [-0.15, -0.1) is 11.8 Å². The van der Waals surface area contributed by atoms with Crippen molar-refractivity contribution in [3.05, 3.63) is 29.8 Å². The second-order valence-corrected chi connectivity index (χ2v) is 6.86. The van der Waals surface area contributed by atoms with Gasteiger partial charge in [-0.3, -0.25) is 9.59 Å². The number of likely N-dealkylation sites (tertiary alicyclic amines) is 1. The van der Waals surface area contributed by atoms with E-state index in [2.05, 4.69) is 0 Å². The zero-order valence-electron chi connectivity index (χ0n) is 12.0. The Morgan fingerprint density at radius 2 is 1.86 bits per heavy atom. The van der Waals surface area contributed by atoms with Crippen LogP contribution in [0.1, 0.15) is 29.6 Å². The van der Waals surface area contributed by atoms with E-state index in [1.165, 1.54) is 0 Å². The molecule has 2 aliphatic rings. The van der Waals surface area contributed by atoms with Crippen molar-refractivity contribution in [2.24, 2.45) is 11.3 Å². The first-order chi connectivity index (χ1) is 10.1. The van der Waals surface area contributed by atoms with E-state index in [0.717, 1.165) is 24.2 Å². The number of carboxylic acid groups (broad SMARTS) is 1. The monoisotopic (exact) mass is 305 g/mol. The lowest BCUT2D eigenvalue weighted by Crippen LogP contribution is -2.40. The Balaban J connectivity index is 1.61. The predicted octanol–water partition coefficient (Wildman–Crippen LogP) is 2.74. The molecule has 1 heterocycles. The molecule has 112 valence electrons. The number of piperidine rings is 1. The van der Waals surface area contributed by atoms with Gasteiger partial charge in [-0.1, -0.05) is 0 Å². The van der Waals surface area contributed by atoms with Crippen LogP contribution in [0.15, 0.2) is 29.2 Å². The molecule has 1 aliphatic carbocycles. The number of carbonyl (C=O) groups excluding carboxylic acids is 1. The van der Waals surface area contributed by atoms with E-state index in [-0.39, 0.29) is 17.2 Å². The number of carbonyl (C=O) groups is 2. The average Bonchev–Trinajstić information content (AvgIpc) is 3.21. The Labute approximate surface area is 128 Å². The lowest BCUT2D eigenvalue weighted by Gasteiger charge is -2.32. The molecule has 1 aromatic rings. The number of carboxylic acids is 1. The maximum absolute atomic E-state index is 12.4. The molecule has 5 heteroatoms. The van der Waals surface area contributed by atoms with E-state index in [9.17, 15) is 9.59 Å². The maximum atomic E-state index is 12.4. The first kappa shape index (κ1) is 14.4. The Hall–Kier alpha value is -1.49. The number of benzene rings is 1. The minimum absolute atomic E-state index is 0.0225. The molecule has 0 aromatic heterocycles. The van der Waals surface area contributed by atoms with Gasteiger partial charge in [-0.2, -0.15) is 0 Å². The number of nitrogens with zero attached hydrogens (tertiary/aromatic N) is 1. The van der Waals surface area contributed by atoms with Crippen molar-refractivity contribution in [2.45, 2.75) is 24.2 Å². The highest BCUT2D eigenvalue weighted by atomic mass is 32.2. The number of hydrogen-bond acceptors (Lipinski definition) is 3.